The van der Waals surface area contributed by atoms with Crippen molar-refractivity contribution in [2.75, 3.05) is 13.7 Å². The van der Waals surface area contributed by atoms with Crippen LogP contribution < -0.4 is 4.74 Å². The summed E-state index contributed by atoms with van der Waals surface area (Å²) in [4.78, 5) is 14.5. The second-order valence-corrected chi connectivity index (χ2v) is 15.2. The smallest absolute Gasteiger partial charge is 0.354 e. The SMILES string of the molecule is COC(=O)c1c2c3ccc(Cl)c(c3n1C)-c1c(nn(C)c1C)CSCc1cc(n(C(C)C)n1)CSc1cc(c3ccccc3c1)OCCC2. The van der Waals surface area contributed by atoms with E-state index >= 15 is 0 Å². The van der Waals surface area contributed by atoms with Crippen LogP contribution in [0.3, 0.4) is 0 Å². The molecule has 49 heavy (non-hydrogen) atoms. The number of hydrogen-bond acceptors (Lipinski definition) is 7. The fraction of sp³-hybridized carbons (Fsp3) is 0.342. The summed E-state index contributed by atoms with van der Waals surface area (Å²) in [6, 6.07) is 19.2. The van der Waals surface area contributed by atoms with Crippen molar-refractivity contribution in [2.45, 2.75) is 61.8 Å². The number of halogens is 1. The van der Waals surface area contributed by atoms with Gasteiger partial charge in [-0.25, -0.2) is 4.79 Å². The number of esters is 1. The summed E-state index contributed by atoms with van der Waals surface area (Å²) in [7, 11) is 5.32. The molecule has 8 nitrogen and oxygen atoms in total. The second kappa shape index (κ2) is 13.8. The molecule has 7 rings (SSSR count). The molecule has 0 saturated heterocycles. The van der Waals surface area contributed by atoms with Crippen LogP contribution in [0.15, 0.2) is 59.5 Å². The van der Waals surface area contributed by atoms with Crippen molar-refractivity contribution in [1.82, 2.24) is 24.1 Å². The Kier molecular flexibility index (Phi) is 9.47. The van der Waals surface area contributed by atoms with Crippen LogP contribution in [0, 0.1) is 6.92 Å². The number of aromatic nitrogens is 5. The number of carbonyl (C=O) groups is 1. The molecule has 3 aromatic carbocycles. The zero-order valence-electron chi connectivity index (χ0n) is 28.7. The van der Waals surface area contributed by atoms with E-state index in [0.717, 1.165) is 77.6 Å². The lowest BCUT2D eigenvalue weighted by Crippen LogP contribution is -2.11. The van der Waals surface area contributed by atoms with Gasteiger partial charge in [-0.1, -0.05) is 41.9 Å². The number of methoxy groups -OCH3 is 1. The van der Waals surface area contributed by atoms with Crippen molar-refractivity contribution >= 4 is 62.8 Å². The largest absolute Gasteiger partial charge is 0.493 e. The van der Waals surface area contributed by atoms with E-state index < -0.39 is 0 Å². The summed E-state index contributed by atoms with van der Waals surface area (Å²) in [6.45, 7) is 6.92. The molecule has 0 N–H and O–H groups in total. The number of nitrogens with zero attached hydrogens (tertiary/aromatic N) is 5. The molecule has 0 saturated carbocycles. The van der Waals surface area contributed by atoms with E-state index in [9.17, 15) is 4.79 Å². The van der Waals surface area contributed by atoms with Crippen LogP contribution in [-0.4, -0.2) is 43.8 Å². The lowest BCUT2D eigenvalue weighted by Gasteiger charge is -2.14. The minimum Gasteiger partial charge on any atom is -0.493 e. The molecule has 11 heteroatoms. The molecule has 1 aliphatic heterocycles. The van der Waals surface area contributed by atoms with Gasteiger partial charge >= 0.3 is 5.97 Å². The molecule has 0 unspecified atom stereocenters. The highest BCUT2D eigenvalue weighted by atomic mass is 35.5. The van der Waals surface area contributed by atoms with Gasteiger partial charge in [-0.05, 0) is 68.8 Å². The quantitative estimate of drug-likeness (QED) is 0.166. The fourth-order valence-corrected chi connectivity index (χ4v) is 8.98. The van der Waals surface area contributed by atoms with Gasteiger partial charge in [0.2, 0.25) is 0 Å². The molecule has 8 bridgehead atoms. The Hall–Kier alpha value is -3.86. The number of hydrogen-bond donors (Lipinski definition) is 0. The van der Waals surface area contributed by atoms with Gasteiger partial charge in [-0.3, -0.25) is 9.36 Å². The van der Waals surface area contributed by atoms with Gasteiger partial charge in [0.05, 0.1) is 35.6 Å². The van der Waals surface area contributed by atoms with E-state index in [2.05, 4.69) is 61.9 Å². The molecule has 0 radical (unpaired) electrons. The summed E-state index contributed by atoms with van der Waals surface area (Å²) >= 11 is 10.7. The molecular formula is C38H40ClN5O3S2. The van der Waals surface area contributed by atoms with Crippen molar-refractivity contribution in [3.63, 3.8) is 0 Å². The first kappa shape index (κ1) is 33.6. The highest BCUT2D eigenvalue weighted by Crippen LogP contribution is 2.43. The standard InChI is InChI=1S/C38H40ClN5O3S2/c1-22(2)44-26-17-25(40-44)19-48-21-32-34(23(3)43(5)41-32)35-31(39)14-13-30-29(37(38(45)46-6)42(4)36(30)35)12-9-15-47-33-18-27(49-20-26)16-24-10-7-8-11-28(24)33/h7-8,10-11,13-14,16-18,22H,9,12,15,19-21H2,1-6H3. The third kappa shape index (κ3) is 6.23. The fourth-order valence-electron chi connectivity index (χ4n) is 6.96. The first-order valence-electron chi connectivity index (χ1n) is 16.5. The van der Waals surface area contributed by atoms with E-state index in [1.807, 2.05) is 41.5 Å². The number of ether oxygens (including phenoxy) is 2. The molecule has 0 atom stereocenters. The summed E-state index contributed by atoms with van der Waals surface area (Å²) in [5.74, 6) is 2.72. The van der Waals surface area contributed by atoms with Gasteiger partial charge in [-0.15, -0.1) is 23.5 Å². The lowest BCUT2D eigenvalue weighted by atomic mass is 9.98. The first-order chi connectivity index (χ1) is 23.7. The van der Waals surface area contributed by atoms with Crippen LogP contribution in [-0.2, 0) is 42.5 Å². The summed E-state index contributed by atoms with van der Waals surface area (Å²) in [5.41, 5.74) is 8.45. The van der Waals surface area contributed by atoms with E-state index in [1.54, 1.807) is 23.5 Å². The van der Waals surface area contributed by atoms with Crippen LogP contribution >= 0.6 is 35.1 Å². The molecule has 0 fully saturated rings. The van der Waals surface area contributed by atoms with Crippen molar-refractivity contribution in [3.8, 4) is 16.9 Å². The summed E-state index contributed by atoms with van der Waals surface area (Å²) in [6.07, 6.45) is 1.34. The number of thioether (sulfide) groups is 2. The topological polar surface area (TPSA) is 76.1 Å². The Bertz CT molecular complexity index is 2220. The number of fused-ring (bicyclic) bond motifs is 8. The molecule has 4 heterocycles. The zero-order valence-corrected chi connectivity index (χ0v) is 31.1. The predicted molar refractivity (Wildman–Crippen MR) is 201 cm³/mol. The second-order valence-electron chi connectivity index (χ2n) is 12.8. The maximum atomic E-state index is 13.4. The number of aryl methyl sites for hydroxylation is 3. The lowest BCUT2D eigenvalue weighted by molar-refractivity contribution is 0.0589. The first-order valence-corrected chi connectivity index (χ1v) is 19.0. The molecule has 3 aromatic heterocycles. The average molecular weight is 714 g/mol. The van der Waals surface area contributed by atoms with Crippen molar-refractivity contribution in [2.24, 2.45) is 14.1 Å². The third-order valence-electron chi connectivity index (χ3n) is 9.30. The molecule has 1 aliphatic rings. The highest BCUT2D eigenvalue weighted by Gasteiger charge is 2.28. The normalized spacial score (nSPS) is 14.2. The van der Waals surface area contributed by atoms with Gasteiger partial charge in [0, 0.05) is 75.6 Å². The van der Waals surface area contributed by atoms with Gasteiger partial charge in [0.25, 0.3) is 0 Å². The summed E-state index contributed by atoms with van der Waals surface area (Å²) in [5, 5.41) is 13.8. The highest BCUT2D eigenvalue weighted by molar-refractivity contribution is 7.98. The van der Waals surface area contributed by atoms with E-state index in [-0.39, 0.29) is 12.0 Å². The summed E-state index contributed by atoms with van der Waals surface area (Å²) < 4.78 is 17.9. The van der Waals surface area contributed by atoms with Gasteiger partial charge < -0.3 is 14.0 Å². The molecule has 0 aliphatic carbocycles. The van der Waals surface area contributed by atoms with Gasteiger partial charge in [-0.2, -0.15) is 10.2 Å². The van der Waals surface area contributed by atoms with Crippen LogP contribution in [0.4, 0.5) is 0 Å². The van der Waals surface area contributed by atoms with Crippen molar-refractivity contribution < 1.29 is 14.3 Å². The Morgan fingerprint density at radius 2 is 1.82 bits per heavy atom. The molecule has 0 spiro atoms. The number of rotatable bonds is 2. The third-order valence-corrected chi connectivity index (χ3v) is 11.6. The average Bonchev–Trinajstić information content (AvgIpc) is 3.72. The monoisotopic (exact) mass is 713 g/mol. The van der Waals surface area contributed by atoms with E-state index in [0.29, 0.717) is 35.9 Å². The number of benzene rings is 3. The van der Waals surface area contributed by atoms with Gasteiger partial charge in [0.15, 0.2) is 0 Å². The maximum Gasteiger partial charge on any atom is 0.354 e. The zero-order chi connectivity index (χ0) is 34.4. The minimum atomic E-state index is -0.374. The molecule has 0 amide bonds. The van der Waals surface area contributed by atoms with Crippen LogP contribution in [0.2, 0.25) is 5.02 Å². The van der Waals surface area contributed by atoms with E-state index in [4.69, 9.17) is 31.3 Å². The molecule has 254 valence electrons. The Balaban J connectivity index is 1.37. The molecular weight excluding hydrogens is 674 g/mol. The van der Waals surface area contributed by atoms with Crippen molar-refractivity contribution in [3.05, 3.63) is 93.7 Å². The van der Waals surface area contributed by atoms with E-state index in [1.165, 1.54) is 12.8 Å². The molecule has 6 aromatic rings. The van der Waals surface area contributed by atoms with Crippen LogP contribution in [0.1, 0.15) is 65.1 Å². The Labute approximate surface area is 300 Å². The maximum absolute atomic E-state index is 13.4. The van der Waals surface area contributed by atoms with Crippen LogP contribution in [0.25, 0.3) is 32.8 Å². The number of carbonyl (C=O) groups excluding carboxylic acids is 1. The van der Waals surface area contributed by atoms with Crippen molar-refractivity contribution in [1.29, 1.82) is 0 Å². The van der Waals surface area contributed by atoms with Crippen LogP contribution in [0.5, 0.6) is 5.75 Å². The Morgan fingerprint density at radius 3 is 2.61 bits per heavy atom. The van der Waals surface area contributed by atoms with Gasteiger partial charge in [0.1, 0.15) is 11.4 Å². The Morgan fingerprint density at radius 1 is 1.00 bits per heavy atom. The predicted octanol–water partition coefficient (Wildman–Crippen LogP) is 9.31. The minimum absolute atomic E-state index is 0.244.